The molecule has 0 atom stereocenters. The monoisotopic (exact) mass is 171 g/mol. The summed E-state index contributed by atoms with van der Waals surface area (Å²) in [5, 5.41) is 8.93. The highest BCUT2D eigenvalue weighted by atomic mass is 16.3. The molecular formula is C10H21NO. The van der Waals surface area contributed by atoms with Gasteiger partial charge in [-0.05, 0) is 33.6 Å². The lowest BCUT2D eigenvalue weighted by Crippen LogP contribution is -2.52. The fraction of sp³-hybridized carbons (Fsp3) is 1.00. The second-order valence-electron chi connectivity index (χ2n) is 4.67. The number of β-amino-alcohol motifs (C(OH)–C–C–N with tert-alkyl or cyclic N) is 1. The van der Waals surface area contributed by atoms with Gasteiger partial charge >= 0.3 is 0 Å². The molecule has 0 unspecified atom stereocenters. The van der Waals surface area contributed by atoms with Crippen molar-refractivity contribution >= 4 is 0 Å². The van der Waals surface area contributed by atoms with Gasteiger partial charge in [0.05, 0.1) is 6.61 Å². The Balaban J connectivity index is 2.47. The minimum Gasteiger partial charge on any atom is -0.395 e. The van der Waals surface area contributed by atoms with Gasteiger partial charge in [-0.15, -0.1) is 0 Å². The van der Waals surface area contributed by atoms with E-state index >= 15 is 0 Å². The van der Waals surface area contributed by atoms with Crippen molar-refractivity contribution in [2.45, 2.75) is 51.6 Å². The van der Waals surface area contributed by atoms with E-state index in [1.165, 1.54) is 19.3 Å². The van der Waals surface area contributed by atoms with E-state index in [0.717, 1.165) is 12.6 Å². The molecule has 1 fully saturated rings. The van der Waals surface area contributed by atoms with E-state index in [1.807, 2.05) is 0 Å². The Kier molecular flexibility index (Phi) is 3.13. The molecule has 0 aromatic carbocycles. The molecule has 0 aliphatic heterocycles. The smallest absolute Gasteiger partial charge is 0.0558 e. The number of hydrogen-bond acceptors (Lipinski definition) is 2. The number of hydrogen-bond donors (Lipinski definition) is 1. The highest BCUT2D eigenvalue weighted by Gasteiger charge is 2.31. The van der Waals surface area contributed by atoms with Gasteiger partial charge in [0, 0.05) is 18.1 Å². The SMILES string of the molecule is CC(C)(C)N(CCO)C1CCC1. The summed E-state index contributed by atoms with van der Waals surface area (Å²) in [4.78, 5) is 2.43. The molecule has 0 aromatic heterocycles. The lowest BCUT2D eigenvalue weighted by molar-refractivity contribution is 0.0246. The highest BCUT2D eigenvalue weighted by molar-refractivity contribution is 4.87. The first-order valence-corrected chi connectivity index (χ1v) is 4.93. The number of rotatable bonds is 3. The van der Waals surface area contributed by atoms with Crippen LogP contribution in [0.2, 0.25) is 0 Å². The first-order chi connectivity index (χ1) is 5.55. The molecule has 1 N–H and O–H groups in total. The molecule has 72 valence electrons. The second kappa shape index (κ2) is 3.75. The third kappa shape index (κ3) is 2.20. The molecule has 1 saturated carbocycles. The summed E-state index contributed by atoms with van der Waals surface area (Å²) in [5.74, 6) is 0. The zero-order chi connectivity index (χ0) is 9.19. The molecule has 1 rings (SSSR count). The molecule has 0 amide bonds. The summed E-state index contributed by atoms with van der Waals surface area (Å²) in [6.07, 6.45) is 4.00. The van der Waals surface area contributed by atoms with Crippen molar-refractivity contribution in [3.63, 3.8) is 0 Å². The van der Waals surface area contributed by atoms with Crippen molar-refractivity contribution < 1.29 is 5.11 Å². The topological polar surface area (TPSA) is 23.5 Å². The maximum absolute atomic E-state index is 8.93. The Labute approximate surface area is 75.6 Å². The minimum absolute atomic E-state index is 0.216. The number of nitrogens with zero attached hydrogens (tertiary/aromatic N) is 1. The molecule has 1 aliphatic carbocycles. The lowest BCUT2D eigenvalue weighted by Gasteiger charge is -2.45. The van der Waals surface area contributed by atoms with Crippen LogP contribution >= 0.6 is 0 Å². The molecule has 1 aliphatic rings. The maximum atomic E-state index is 8.93. The predicted octanol–water partition coefficient (Wildman–Crippen LogP) is 1.63. The summed E-state index contributed by atoms with van der Waals surface area (Å²) in [7, 11) is 0. The minimum atomic E-state index is 0.216. The van der Waals surface area contributed by atoms with Gasteiger partial charge in [0.25, 0.3) is 0 Å². The average Bonchev–Trinajstić information content (AvgIpc) is 1.80. The van der Waals surface area contributed by atoms with Gasteiger partial charge in [-0.25, -0.2) is 0 Å². The Morgan fingerprint density at radius 2 is 1.92 bits per heavy atom. The zero-order valence-electron chi connectivity index (χ0n) is 8.51. The largest absolute Gasteiger partial charge is 0.395 e. The predicted molar refractivity (Wildman–Crippen MR) is 51.2 cm³/mol. The second-order valence-corrected chi connectivity index (χ2v) is 4.67. The van der Waals surface area contributed by atoms with Crippen molar-refractivity contribution in [3.05, 3.63) is 0 Å². The average molecular weight is 171 g/mol. The quantitative estimate of drug-likeness (QED) is 0.697. The highest BCUT2D eigenvalue weighted by Crippen LogP contribution is 2.29. The van der Waals surface area contributed by atoms with Crippen molar-refractivity contribution in [2.75, 3.05) is 13.2 Å². The van der Waals surface area contributed by atoms with Crippen LogP contribution in [-0.2, 0) is 0 Å². The van der Waals surface area contributed by atoms with E-state index in [9.17, 15) is 0 Å². The molecule has 0 spiro atoms. The van der Waals surface area contributed by atoms with Gasteiger partial charge < -0.3 is 5.11 Å². The molecule has 0 radical (unpaired) electrons. The summed E-state index contributed by atoms with van der Waals surface area (Å²) in [5.41, 5.74) is 0.216. The van der Waals surface area contributed by atoms with Gasteiger partial charge in [0.15, 0.2) is 0 Å². The van der Waals surface area contributed by atoms with E-state index < -0.39 is 0 Å². The molecule has 0 bridgehead atoms. The van der Waals surface area contributed by atoms with Crippen molar-refractivity contribution in [1.29, 1.82) is 0 Å². The summed E-state index contributed by atoms with van der Waals surface area (Å²) in [6.45, 7) is 7.78. The third-order valence-corrected chi connectivity index (χ3v) is 2.72. The van der Waals surface area contributed by atoms with Gasteiger partial charge in [0.1, 0.15) is 0 Å². The van der Waals surface area contributed by atoms with E-state index in [4.69, 9.17) is 5.11 Å². The van der Waals surface area contributed by atoms with Crippen molar-refractivity contribution in [2.24, 2.45) is 0 Å². The van der Waals surface area contributed by atoms with E-state index in [0.29, 0.717) is 0 Å². The molecular weight excluding hydrogens is 150 g/mol. The Bertz CT molecular complexity index is 135. The Hall–Kier alpha value is -0.0800. The summed E-state index contributed by atoms with van der Waals surface area (Å²) < 4.78 is 0. The van der Waals surface area contributed by atoms with Crippen molar-refractivity contribution in [1.82, 2.24) is 4.90 Å². The van der Waals surface area contributed by atoms with Crippen LogP contribution in [0.25, 0.3) is 0 Å². The maximum Gasteiger partial charge on any atom is 0.0558 e. The van der Waals surface area contributed by atoms with Crippen LogP contribution in [0.1, 0.15) is 40.0 Å². The first-order valence-electron chi connectivity index (χ1n) is 4.93. The van der Waals surface area contributed by atoms with Gasteiger partial charge in [0.2, 0.25) is 0 Å². The zero-order valence-corrected chi connectivity index (χ0v) is 8.51. The van der Waals surface area contributed by atoms with Crippen LogP contribution < -0.4 is 0 Å². The van der Waals surface area contributed by atoms with Crippen molar-refractivity contribution in [3.8, 4) is 0 Å². The third-order valence-electron chi connectivity index (χ3n) is 2.72. The molecule has 2 nitrogen and oxygen atoms in total. The summed E-state index contributed by atoms with van der Waals surface area (Å²) in [6, 6.07) is 0.733. The molecule has 12 heavy (non-hydrogen) atoms. The van der Waals surface area contributed by atoms with Crippen LogP contribution in [0, 0.1) is 0 Å². The molecule has 2 heteroatoms. The lowest BCUT2D eigenvalue weighted by atomic mass is 9.88. The summed E-state index contributed by atoms with van der Waals surface area (Å²) >= 11 is 0. The van der Waals surface area contributed by atoms with Gasteiger partial charge in [-0.2, -0.15) is 0 Å². The molecule has 0 heterocycles. The first kappa shape index (κ1) is 10.0. The van der Waals surface area contributed by atoms with E-state index in [-0.39, 0.29) is 12.1 Å². The van der Waals surface area contributed by atoms with E-state index in [1.54, 1.807) is 0 Å². The van der Waals surface area contributed by atoms with Crippen LogP contribution in [0.3, 0.4) is 0 Å². The molecule has 0 saturated heterocycles. The fourth-order valence-electron chi connectivity index (χ4n) is 1.87. The molecule has 0 aromatic rings. The van der Waals surface area contributed by atoms with Gasteiger partial charge in [-0.1, -0.05) is 6.42 Å². The fourth-order valence-corrected chi connectivity index (χ4v) is 1.87. The number of aliphatic hydroxyl groups is 1. The Morgan fingerprint density at radius 3 is 2.17 bits per heavy atom. The van der Waals surface area contributed by atoms with Gasteiger partial charge in [-0.3, -0.25) is 4.90 Å². The van der Waals surface area contributed by atoms with Crippen LogP contribution in [0.5, 0.6) is 0 Å². The Morgan fingerprint density at radius 1 is 1.33 bits per heavy atom. The standard InChI is InChI=1S/C10H21NO/c1-10(2,3)11(7-8-12)9-5-4-6-9/h9,12H,4-8H2,1-3H3. The van der Waals surface area contributed by atoms with E-state index in [2.05, 4.69) is 25.7 Å². The van der Waals surface area contributed by atoms with Crippen LogP contribution in [0.15, 0.2) is 0 Å². The van der Waals surface area contributed by atoms with Crippen LogP contribution in [0.4, 0.5) is 0 Å². The number of aliphatic hydroxyl groups excluding tert-OH is 1. The normalized spacial score (nSPS) is 19.8. The van der Waals surface area contributed by atoms with Crippen LogP contribution in [-0.4, -0.2) is 34.7 Å².